The predicted molar refractivity (Wildman–Crippen MR) is 98.2 cm³/mol. The molecule has 0 aliphatic heterocycles. The Balaban J connectivity index is 1.79. The van der Waals surface area contributed by atoms with Gasteiger partial charge in [0.2, 0.25) is 0 Å². The number of aromatic nitrogens is 4. The zero-order valence-electron chi connectivity index (χ0n) is 13.6. The lowest BCUT2D eigenvalue weighted by molar-refractivity contribution is 0.244. The maximum Gasteiger partial charge on any atom is 0.199 e. The number of rotatable bonds is 5. The number of pyridine rings is 1. The van der Waals surface area contributed by atoms with Crippen molar-refractivity contribution in [3.05, 3.63) is 64.1 Å². The molecule has 1 aromatic carbocycles. The summed E-state index contributed by atoms with van der Waals surface area (Å²) in [7, 11) is 3.96. The number of hydrogen-bond acceptors (Lipinski definition) is 4. The molecule has 3 aromatic rings. The quantitative estimate of drug-likeness (QED) is 0.650. The summed E-state index contributed by atoms with van der Waals surface area (Å²) in [4.78, 5) is 6.19. The molecule has 0 spiro atoms. The summed E-state index contributed by atoms with van der Waals surface area (Å²) >= 11 is 11.6. The minimum atomic E-state index is 0.601. The first-order valence-electron chi connectivity index (χ1n) is 7.52. The monoisotopic (exact) mass is 359 g/mol. The molecule has 0 bridgehead atoms. The second kappa shape index (κ2) is 7.25. The average molecular weight is 360 g/mol. The molecule has 3 rings (SSSR count). The summed E-state index contributed by atoms with van der Waals surface area (Å²) in [5.41, 5.74) is 2.15. The lowest BCUT2D eigenvalue weighted by Crippen LogP contribution is -2.22. The van der Waals surface area contributed by atoms with Gasteiger partial charge in [-0.25, -0.2) is 4.68 Å². The number of benzene rings is 1. The maximum absolute atomic E-state index is 6.04. The van der Waals surface area contributed by atoms with Crippen LogP contribution in [0.4, 0.5) is 0 Å². The van der Waals surface area contributed by atoms with Gasteiger partial charge in [0.25, 0.3) is 0 Å². The number of halogens is 1. The second-order valence-corrected chi connectivity index (χ2v) is 6.49. The molecule has 2 aromatic heterocycles. The fraction of sp³-hybridized carbons (Fsp3) is 0.235. The van der Waals surface area contributed by atoms with Crippen molar-refractivity contribution in [3.63, 3.8) is 0 Å². The van der Waals surface area contributed by atoms with Gasteiger partial charge in [-0.2, -0.15) is 5.10 Å². The van der Waals surface area contributed by atoms with Crippen molar-refractivity contribution in [2.24, 2.45) is 7.05 Å². The lowest BCUT2D eigenvalue weighted by Gasteiger charge is -2.16. The van der Waals surface area contributed by atoms with Crippen molar-refractivity contribution >= 4 is 23.8 Å². The average Bonchev–Trinajstić information content (AvgIpc) is 2.84. The molecule has 124 valence electrons. The Bertz CT molecular complexity index is 887. The summed E-state index contributed by atoms with van der Waals surface area (Å²) < 4.78 is 4.42. The van der Waals surface area contributed by atoms with Gasteiger partial charge in [-0.3, -0.25) is 9.88 Å². The zero-order valence-corrected chi connectivity index (χ0v) is 15.1. The Hall–Kier alpha value is -2.02. The van der Waals surface area contributed by atoms with Crippen molar-refractivity contribution in [1.82, 2.24) is 24.2 Å². The van der Waals surface area contributed by atoms with Crippen LogP contribution in [0.2, 0.25) is 5.02 Å². The van der Waals surface area contributed by atoms with E-state index < -0.39 is 0 Å². The third-order valence-corrected chi connectivity index (χ3v) is 4.42. The van der Waals surface area contributed by atoms with Crippen LogP contribution in [0.1, 0.15) is 5.56 Å². The van der Waals surface area contributed by atoms with E-state index in [0.717, 1.165) is 28.5 Å². The Morgan fingerprint density at radius 1 is 1.21 bits per heavy atom. The molecular formula is C17H18ClN5S. The van der Waals surface area contributed by atoms with E-state index in [0.29, 0.717) is 11.4 Å². The summed E-state index contributed by atoms with van der Waals surface area (Å²) in [6, 6.07) is 11.7. The number of hydrogen-bond donors (Lipinski definition) is 0. The minimum Gasteiger partial charge on any atom is -0.303 e. The molecular weight excluding hydrogens is 342 g/mol. The summed E-state index contributed by atoms with van der Waals surface area (Å²) in [6.07, 6.45) is 3.51. The van der Waals surface area contributed by atoms with E-state index in [-0.39, 0.29) is 0 Å². The van der Waals surface area contributed by atoms with Crippen LogP contribution in [0.25, 0.3) is 11.4 Å². The van der Waals surface area contributed by atoms with Gasteiger partial charge in [0.1, 0.15) is 0 Å². The van der Waals surface area contributed by atoms with Crippen LogP contribution in [0.15, 0.2) is 48.8 Å². The SMILES string of the molecule is CN(Cc1cccc(Cl)c1)Cn1nc(-c2ccncc2)n(C)c1=S. The highest BCUT2D eigenvalue weighted by atomic mass is 35.5. The zero-order chi connectivity index (χ0) is 17.1. The van der Waals surface area contributed by atoms with E-state index in [9.17, 15) is 0 Å². The molecule has 0 N–H and O–H groups in total. The van der Waals surface area contributed by atoms with Gasteiger partial charge in [0.05, 0.1) is 6.67 Å². The fourth-order valence-electron chi connectivity index (χ4n) is 2.56. The Morgan fingerprint density at radius 3 is 2.67 bits per heavy atom. The molecule has 0 fully saturated rings. The molecule has 5 nitrogen and oxygen atoms in total. The van der Waals surface area contributed by atoms with E-state index in [1.54, 1.807) is 12.4 Å². The predicted octanol–water partition coefficient (Wildman–Crippen LogP) is 3.76. The molecule has 0 unspecified atom stereocenters. The minimum absolute atomic E-state index is 0.601. The lowest BCUT2D eigenvalue weighted by atomic mass is 10.2. The van der Waals surface area contributed by atoms with E-state index in [2.05, 4.69) is 21.0 Å². The highest BCUT2D eigenvalue weighted by Gasteiger charge is 2.11. The van der Waals surface area contributed by atoms with Crippen LogP contribution < -0.4 is 0 Å². The van der Waals surface area contributed by atoms with Gasteiger partial charge >= 0.3 is 0 Å². The molecule has 0 atom stereocenters. The fourth-order valence-corrected chi connectivity index (χ4v) is 2.96. The van der Waals surface area contributed by atoms with Crippen molar-refractivity contribution < 1.29 is 0 Å². The first-order chi connectivity index (χ1) is 11.5. The molecule has 24 heavy (non-hydrogen) atoms. The van der Waals surface area contributed by atoms with Crippen LogP contribution in [0.3, 0.4) is 0 Å². The maximum atomic E-state index is 6.04. The van der Waals surface area contributed by atoms with Crippen molar-refractivity contribution in [2.45, 2.75) is 13.2 Å². The van der Waals surface area contributed by atoms with Crippen LogP contribution >= 0.6 is 23.8 Å². The highest BCUT2D eigenvalue weighted by Crippen LogP contribution is 2.17. The molecule has 2 heterocycles. The third kappa shape index (κ3) is 3.72. The molecule has 0 aliphatic carbocycles. The smallest absolute Gasteiger partial charge is 0.199 e. The molecule has 0 amide bonds. The van der Waals surface area contributed by atoms with Crippen molar-refractivity contribution in [1.29, 1.82) is 0 Å². The Morgan fingerprint density at radius 2 is 1.96 bits per heavy atom. The molecule has 0 radical (unpaired) electrons. The standard InChI is InChI=1S/C17H18ClN5S/c1-21(11-13-4-3-5-15(18)10-13)12-23-17(24)22(2)16(20-23)14-6-8-19-9-7-14/h3-10H,11-12H2,1-2H3. The molecule has 0 saturated carbocycles. The van der Waals surface area contributed by atoms with Gasteiger partial charge in [0, 0.05) is 36.6 Å². The first kappa shape index (κ1) is 16.8. The van der Waals surface area contributed by atoms with E-state index >= 15 is 0 Å². The van der Waals surface area contributed by atoms with E-state index in [1.165, 1.54) is 0 Å². The summed E-state index contributed by atoms with van der Waals surface area (Å²) in [6.45, 7) is 1.37. The topological polar surface area (TPSA) is 38.9 Å². The van der Waals surface area contributed by atoms with Crippen LogP contribution in [0.5, 0.6) is 0 Å². The summed E-state index contributed by atoms with van der Waals surface area (Å²) in [5.74, 6) is 0.832. The normalized spacial score (nSPS) is 11.2. The van der Waals surface area contributed by atoms with Crippen LogP contribution in [0, 0.1) is 4.77 Å². The van der Waals surface area contributed by atoms with Gasteiger partial charge in [-0.1, -0.05) is 23.7 Å². The van der Waals surface area contributed by atoms with Crippen LogP contribution in [-0.4, -0.2) is 31.3 Å². The first-order valence-corrected chi connectivity index (χ1v) is 8.30. The highest BCUT2D eigenvalue weighted by molar-refractivity contribution is 7.71. The molecule has 0 aliphatic rings. The van der Waals surface area contributed by atoms with Gasteiger partial charge in [0.15, 0.2) is 10.6 Å². The van der Waals surface area contributed by atoms with Crippen molar-refractivity contribution in [3.8, 4) is 11.4 Å². The Labute approximate surface area is 151 Å². The van der Waals surface area contributed by atoms with Crippen molar-refractivity contribution in [2.75, 3.05) is 7.05 Å². The third-order valence-electron chi connectivity index (χ3n) is 3.70. The van der Waals surface area contributed by atoms with Crippen LogP contribution in [-0.2, 0) is 20.3 Å². The Kier molecular flexibility index (Phi) is 5.08. The van der Waals surface area contributed by atoms with Gasteiger partial charge in [-0.05, 0) is 49.1 Å². The van der Waals surface area contributed by atoms with Gasteiger partial charge < -0.3 is 4.57 Å². The van der Waals surface area contributed by atoms with E-state index in [4.69, 9.17) is 23.8 Å². The van der Waals surface area contributed by atoms with E-state index in [1.807, 2.05) is 53.7 Å². The largest absolute Gasteiger partial charge is 0.303 e. The van der Waals surface area contributed by atoms with Gasteiger partial charge in [-0.15, -0.1) is 0 Å². The second-order valence-electron chi connectivity index (χ2n) is 5.69. The molecule has 0 saturated heterocycles. The number of nitrogens with zero attached hydrogens (tertiary/aromatic N) is 5. The summed E-state index contributed by atoms with van der Waals surface area (Å²) in [5, 5.41) is 5.40. The molecule has 7 heteroatoms.